The van der Waals surface area contributed by atoms with Crippen LogP contribution in [0.4, 0.5) is 0 Å². The lowest BCUT2D eigenvalue weighted by molar-refractivity contribution is -0.128. The fourth-order valence-corrected chi connectivity index (χ4v) is 3.14. The van der Waals surface area contributed by atoms with Crippen LogP contribution in [-0.2, 0) is 11.3 Å². The summed E-state index contributed by atoms with van der Waals surface area (Å²) in [7, 11) is 0. The molecule has 2 heterocycles. The molecule has 112 valence electrons. The molecule has 0 radical (unpaired) electrons. The predicted molar refractivity (Wildman–Crippen MR) is 79.4 cm³/mol. The van der Waals surface area contributed by atoms with Crippen molar-refractivity contribution < 1.29 is 4.79 Å². The second-order valence-corrected chi connectivity index (χ2v) is 6.09. The molecule has 1 amide bonds. The highest BCUT2D eigenvalue weighted by Crippen LogP contribution is 2.30. The third-order valence-corrected chi connectivity index (χ3v) is 4.28. The molecule has 0 aromatic carbocycles. The third-order valence-electron chi connectivity index (χ3n) is 4.28. The molecule has 0 saturated heterocycles. The number of aromatic nitrogens is 3. The van der Waals surface area contributed by atoms with Crippen LogP contribution in [0.2, 0.25) is 0 Å². The minimum absolute atomic E-state index is 0.0817. The van der Waals surface area contributed by atoms with Gasteiger partial charge < -0.3 is 11.1 Å². The summed E-state index contributed by atoms with van der Waals surface area (Å²) in [5, 5.41) is 11.1. The molecule has 2 aromatic rings. The standard InChI is InChI=1S/C15H21N5O/c1-11-5-4-7-15(16,9-11)14(21)17-10-13-19-18-12-6-2-3-8-20(12)13/h2-3,6,8,11H,4-5,7,9-10,16H2,1H3,(H,17,21). The highest BCUT2D eigenvalue weighted by atomic mass is 16.2. The first-order valence-corrected chi connectivity index (χ1v) is 7.44. The number of fused-ring (bicyclic) bond motifs is 1. The molecule has 0 bridgehead atoms. The normalized spacial score (nSPS) is 25.9. The van der Waals surface area contributed by atoms with Gasteiger partial charge in [-0.15, -0.1) is 10.2 Å². The highest BCUT2D eigenvalue weighted by molar-refractivity contribution is 5.86. The molecule has 0 spiro atoms. The zero-order chi connectivity index (χ0) is 14.9. The fourth-order valence-electron chi connectivity index (χ4n) is 3.14. The zero-order valence-electron chi connectivity index (χ0n) is 12.2. The van der Waals surface area contributed by atoms with Crippen molar-refractivity contribution in [3.05, 3.63) is 30.2 Å². The molecular weight excluding hydrogens is 266 g/mol. The van der Waals surface area contributed by atoms with Crippen molar-refractivity contribution in [3.8, 4) is 0 Å². The number of amides is 1. The Morgan fingerprint density at radius 2 is 2.38 bits per heavy atom. The van der Waals surface area contributed by atoms with Crippen LogP contribution in [0.15, 0.2) is 24.4 Å². The number of nitrogens with zero attached hydrogens (tertiary/aromatic N) is 3. The molecule has 1 fully saturated rings. The first-order chi connectivity index (χ1) is 10.1. The molecule has 6 heteroatoms. The number of hydrogen-bond acceptors (Lipinski definition) is 4. The van der Waals surface area contributed by atoms with Gasteiger partial charge in [-0.2, -0.15) is 0 Å². The maximum absolute atomic E-state index is 12.4. The monoisotopic (exact) mass is 287 g/mol. The van der Waals surface area contributed by atoms with Gasteiger partial charge in [0.05, 0.1) is 12.1 Å². The molecule has 2 unspecified atom stereocenters. The molecule has 1 saturated carbocycles. The van der Waals surface area contributed by atoms with E-state index >= 15 is 0 Å². The number of pyridine rings is 1. The van der Waals surface area contributed by atoms with E-state index in [1.165, 1.54) is 0 Å². The quantitative estimate of drug-likeness (QED) is 0.889. The van der Waals surface area contributed by atoms with E-state index in [-0.39, 0.29) is 5.91 Å². The van der Waals surface area contributed by atoms with Crippen LogP contribution in [0.25, 0.3) is 5.65 Å². The highest BCUT2D eigenvalue weighted by Gasteiger charge is 2.37. The maximum atomic E-state index is 12.4. The summed E-state index contributed by atoms with van der Waals surface area (Å²) in [6.07, 6.45) is 5.56. The Morgan fingerprint density at radius 1 is 1.52 bits per heavy atom. The van der Waals surface area contributed by atoms with Crippen molar-refractivity contribution in [3.63, 3.8) is 0 Å². The summed E-state index contributed by atoms with van der Waals surface area (Å²) < 4.78 is 1.87. The second kappa shape index (κ2) is 5.44. The Morgan fingerprint density at radius 3 is 3.19 bits per heavy atom. The van der Waals surface area contributed by atoms with E-state index in [0.717, 1.165) is 31.3 Å². The SMILES string of the molecule is CC1CCCC(N)(C(=O)NCc2nnc3ccccn23)C1. The van der Waals surface area contributed by atoms with Gasteiger partial charge in [0, 0.05) is 6.20 Å². The van der Waals surface area contributed by atoms with E-state index in [1.807, 2.05) is 28.8 Å². The van der Waals surface area contributed by atoms with Crippen LogP contribution >= 0.6 is 0 Å². The first-order valence-electron chi connectivity index (χ1n) is 7.44. The number of nitrogens with one attached hydrogen (secondary N) is 1. The lowest BCUT2D eigenvalue weighted by Crippen LogP contribution is -2.56. The van der Waals surface area contributed by atoms with Gasteiger partial charge in [0.1, 0.15) is 0 Å². The van der Waals surface area contributed by atoms with Crippen molar-refractivity contribution in [1.29, 1.82) is 0 Å². The van der Waals surface area contributed by atoms with Crippen LogP contribution in [0.3, 0.4) is 0 Å². The predicted octanol–water partition coefficient (Wildman–Crippen LogP) is 1.25. The molecule has 3 rings (SSSR count). The molecule has 2 atom stereocenters. The van der Waals surface area contributed by atoms with Gasteiger partial charge in [-0.3, -0.25) is 9.20 Å². The number of carbonyl (C=O) groups is 1. The lowest BCUT2D eigenvalue weighted by atomic mass is 9.76. The van der Waals surface area contributed by atoms with Gasteiger partial charge in [0.15, 0.2) is 11.5 Å². The number of nitrogens with two attached hydrogens (primary N) is 1. The average Bonchev–Trinajstić information content (AvgIpc) is 2.88. The summed E-state index contributed by atoms with van der Waals surface area (Å²) in [6.45, 7) is 2.50. The summed E-state index contributed by atoms with van der Waals surface area (Å²) in [5.41, 5.74) is 6.33. The molecule has 2 aromatic heterocycles. The van der Waals surface area contributed by atoms with E-state index in [9.17, 15) is 4.79 Å². The molecule has 0 aliphatic heterocycles. The summed E-state index contributed by atoms with van der Waals surface area (Å²) in [4.78, 5) is 12.4. The number of carbonyl (C=O) groups excluding carboxylic acids is 1. The third kappa shape index (κ3) is 2.76. The molecule has 3 N–H and O–H groups in total. The van der Waals surface area contributed by atoms with E-state index in [2.05, 4.69) is 22.4 Å². The van der Waals surface area contributed by atoms with E-state index in [1.54, 1.807) is 0 Å². The lowest BCUT2D eigenvalue weighted by Gasteiger charge is -2.35. The van der Waals surface area contributed by atoms with E-state index in [4.69, 9.17) is 5.73 Å². The second-order valence-electron chi connectivity index (χ2n) is 6.09. The first kappa shape index (κ1) is 14.0. The van der Waals surface area contributed by atoms with Crippen LogP contribution in [-0.4, -0.2) is 26.0 Å². The molecular formula is C15H21N5O. The van der Waals surface area contributed by atoms with Crippen LogP contribution in [0.1, 0.15) is 38.4 Å². The van der Waals surface area contributed by atoms with Crippen molar-refractivity contribution >= 4 is 11.6 Å². The van der Waals surface area contributed by atoms with Crippen LogP contribution < -0.4 is 11.1 Å². The van der Waals surface area contributed by atoms with Crippen molar-refractivity contribution in [2.75, 3.05) is 0 Å². The van der Waals surface area contributed by atoms with Crippen molar-refractivity contribution in [2.24, 2.45) is 11.7 Å². The van der Waals surface area contributed by atoms with Gasteiger partial charge in [0.2, 0.25) is 5.91 Å². The van der Waals surface area contributed by atoms with Crippen LogP contribution in [0, 0.1) is 5.92 Å². The fraction of sp³-hybridized carbons (Fsp3) is 0.533. The van der Waals surface area contributed by atoms with Gasteiger partial charge in [-0.05, 0) is 30.9 Å². The summed E-state index contributed by atoms with van der Waals surface area (Å²) in [5.74, 6) is 1.14. The van der Waals surface area contributed by atoms with Gasteiger partial charge in [-0.25, -0.2) is 0 Å². The van der Waals surface area contributed by atoms with Crippen molar-refractivity contribution in [2.45, 2.75) is 44.7 Å². The van der Waals surface area contributed by atoms with E-state index < -0.39 is 5.54 Å². The minimum Gasteiger partial charge on any atom is -0.347 e. The largest absolute Gasteiger partial charge is 0.347 e. The minimum atomic E-state index is -0.738. The molecule has 6 nitrogen and oxygen atoms in total. The Kier molecular flexibility index (Phi) is 3.63. The Labute approximate surface area is 123 Å². The number of rotatable bonds is 3. The van der Waals surface area contributed by atoms with Gasteiger partial charge in [0.25, 0.3) is 0 Å². The topological polar surface area (TPSA) is 85.3 Å². The van der Waals surface area contributed by atoms with Gasteiger partial charge in [-0.1, -0.05) is 25.8 Å². The van der Waals surface area contributed by atoms with Crippen molar-refractivity contribution in [1.82, 2.24) is 19.9 Å². The van der Waals surface area contributed by atoms with Crippen LogP contribution in [0.5, 0.6) is 0 Å². The Bertz CT molecular complexity index is 652. The van der Waals surface area contributed by atoms with Gasteiger partial charge >= 0.3 is 0 Å². The number of hydrogen-bond donors (Lipinski definition) is 2. The molecule has 21 heavy (non-hydrogen) atoms. The summed E-state index contributed by atoms with van der Waals surface area (Å²) in [6, 6.07) is 5.70. The Hall–Kier alpha value is -1.95. The Balaban J connectivity index is 1.68. The smallest absolute Gasteiger partial charge is 0.240 e. The maximum Gasteiger partial charge on any atom is 0.240 e. The molecule has 1 aliphatic carbocycles. The zero-order valence-corrected chi connectivity index (χ0v) is 12.2. The average molecular weight is 287 g/mol. The van der Waals surface area contributed by atoms with E-state index in [0.29, 0.717) is 18.3 Å². The molecule has 1 aliphatic rings. The summed E-state index contributed by atoms with van der Waals surface area (Å²) >= 11 is 0.